The van der Waals surface area contributed by atoms with Crippen molar-refractivity contribution in [1.82, 2.24) is 9.97 Å². The number of hydrogen-bond acceptors (Lipinski definition) is 5. The first-order valence-corrected chi connectivity index (χ1v) is 10.4. The Hall–Kier alpha value is -3.77. The van der Waals surface area contributed by atoms with Crippen LogP contribution in [0.15, 0.2) is 67.0 Å². The smallest absolute Gasteiger partial charge is 0.338 e. The molecule has 0 aliphatic heterocycles. The highest BCUT2D eigenvalue weighted by atomic mass is 35.5. The maximum atomic E-state index is 13.3. The van der Waals surface area contributed by atoms with Crippen LogP contribution in [-0.4, -0.2) is 28.5 Å². The van der Waals surface area contributed by atoms with Crippen LogP contribution in [0.2, 0.25) is 5.02 Å². The van der Waals surface area contributed by atoms with Crippen molar-refractivity contribution >= 4 is 40.1 Å². The van der Waals surface area contributed by atoms with E-state index in [9.17, 15) is 9.59 Å². The monoisotopic (exact) mass is 445 g/mol. The van der Waals surface area contributed by atoms with Gasteiger partial charge in [0, 0.05) is 34.1 Å². The number of ether oxygens (including phenoxy) is 1. The van der Waals surface area contributed by atoms with E-state index in [4.69, 9.17) is 21.3 Å². The first-order valence-electron chi connectivity index (χ1n) is 10.1. The van der Waals surface area contributed by atoms with Gasteiger partial charge in [0.05, 0.1) is 28.9 Å². The van der Waals surface area contributed by atoms with Crippen LogP contribution in [0.1, 0.15) is 33.2 Å². The van der Waals surface area contributed by atoms with Crippen molar-refractivity contribution in [1.29, 1.82) is 0 Å². The van der Waals surface area contributed by atoms with Crippen LogP contribution in [-0.2, 0) is 4.74 Å². The SMILES string of the molecule is CCOC(=O)c1cccc(NC(=O)c2cc(-c3ccncc3)nc3c(C)c(Cl)ccc23)c1. The number of benzene rings is 2. The topological polar surface area (TPSA) is 81.2 Å². The summed E-state index contributed by atoms with van der Waals surface area (Å²) >= 11 is 6.33. The van der Waals surface area contributed by atoms with Gasteiger partial charge in [-0.05, 0) is 61.9 Å². The third-order valence-electron chi connectivity index (χ3n) is 5.02. The van der Waals surface area contributed by atoms with E-state index in [2.05, 4.69) is 10.3 Å². The minimum absolute atomic E-state index is 0.276. The fraction of sp³-hybridized carbons (Fsp3) is 0.120. The molecule has 2 aromatic carbocycles. The number of aromatic nitrogens is 2. The molecule has 4 aromatic rings. The molecule has 0 aliphatic carbocycles. The summed E-state index contributed by atoms with van der Waals surface area (Å²) in [5.74, 6) is -0.765. The lowest BCUT2D eigenvalue weighted by Crippen LogP contribution is -2.14. The molecule has 0 atom stereocenters. The normalized spacial score (nSPS) is 10.7. The van der Waals surface area contributed by atoms with Gasteiger partial charge in [0.1, 0.15) is 0 Å². The molecular weight excluding hydrogens is 426 g/mol. The number of carbonyl (C=O) groups excluding carboxylic acids is 2. The Bertz CT molecular complexity index is 1320. The average molecular weight is 446 g/mol. The molecule has 1 amide bonds. The van der Waals surface area contributed by atoms with Gasteiger partial charge in [0.25, 0.3) is 5.91 Å². The summed E-state index contributed by atoms with van der Waals surface area (Å²) in [6.45, 7) is 3.89. The van der Waals surface area contributed by atoms with Crippen LogP contribution in [0.25, 0.3) is 22.2 Å². The van der Waals surface area contributed by atoms with Gasteiger partial charge in [0.2, 0.25) is 0 Å². The van der Waals surface area contributed by atoms with Crippen molar-refractivity contribution in [3.63, 3.8) is 0 Å². The van der Waals surface area contributed by atoms with Gasteiger partial charge in [-0.25, -0.2) is 9.78 Å². The number of anilines is 1. The van der Waals surface area contributed by atoms with Gasteiger partial charge >= 0.3 is 5.97 Å². The third-order valence-corrected chi connectivity index (χ3v) is 5.43. The predicted octanol–water partition coefficient (Wildman–Crippen LogP) is 5.69. The molecule has 2 heterocycles. The lowest BCUT2D eigenvalue weighted by Gasteiger charge is -2.13. The van der Waals surface area contributed by atoms with Crippen LogP contribution in [0.3, 0.4) is 0 Å². The van der Waals surface area contributed by atoms with Crippen molar-refractivity contribution in [3.05, 3.63) is 88.7 Å². The molecule has 4 rings (SSSR count). The molecule has 0 bridgehead atoms. The van der Waals surface area contributed by atoms with Gasteiger partial charge in [-0.3, -0.25) is 9.78 Å². The number of amides is 1. The zero-order chi connectivity index (χ0) is 22.7. The van der Waals surface area contributed by atoms with E-state index in [1.807, 2.05) is 19.1 Å². The Balaban J connectivity index is 1.78. The predicted molar refractivity (Wildman–Crippen MR) is 125 cm³/mol. The molecule has 0 saturated carbocycles. The van der Waals surface area contributed by atoms with E-state index in [1.54, 1.807) is 61.8 Å². The minimum atomic E-state index is -0.441. The van der Waals surface area contributed by atoms with E-state index in [1.165, 1.54) is 0 Å². The number of pyridine rings is 2. The number of rotatable bonds is 5. The zero-order valence-electron chi connectivity index (χ0n) is 17.6. The van der Waals surface area contributed by atoms with E-state index in [0.717, 1.165) is 11.1 Å². The summed E-state index contributed by atoms with van der Waals surface area (Å²) < 4.78 is 5.04. The van der Waals surface area contributed by atoms with Gasteiger partial charge in [-0.15, -0.1) is 0 Å². The highest BCUT2D eigenvalue weighted by Crippen LogP contribution is 2.30. The number of halogens is 1. The fourth-order valence-corrected chi connectivity index (χ4v) is 3.55. The summed E-state index contributed by atoms with van der Waals surface area (Å²) in [6, 6.07) is 15.6. The van der Waals surface area contributed by atoms with Crippen molar-refractivity contribution in [2.75, 3.05) is 11.9 Å². The molecule has 0 fully saturated rings. The molecule has 6 nitrogen and oxygen atoms in total. The number of hydrogen-bond donors (Lipinski definition) is 1. The summed E-state index contributed by atoms with van der Waals surface area (Å²) in [5.41, 5.74) is 4.21. The molecule has 0 unspecified atom stereocenters. The molecule has 0 spiro atoms. The standard InChI is InChI=1S/C25H20ClN3O3/c1-3-32-25(31)17-5-4-6-18(13-17)28-24(30)20-14-22(16-9-11-27-12-10-16)29-23-15(2)21(26)8-7-19(20)23/h4-14H,3H2,1-2H3,(H,28,30). The second kappa shape index (κ2) is 9.16. The Kier molecular flexibility index (Phi) is 6.14. The molecular formula is C25H20ClN3O3. The van der Waals surface area contributed by atoms with Crippen LogP contribution >= 0.6 is 11.6 Å². The Morgan fingerprint density at radius 3 is 2.59 bits per heavy atom. The molecule has 32 heavy (non-hydrogen) atoms. The largest absolute Gasteiger partial charge is 0.462 e. The molecule has 7 heteroatoms. The quantitative estimate of drug-likeness (QED) is 0.399. The lowest BCUT2D eigenvalue weighted by atomic mass is 10.0. The summed E-state index contributed by atoms with van der Waals surface area (Å²) in [6.07, 6.45) is 3.35. The molecule has 0 radical (unpaired) electrons. The minimum Gasteiger partial charge on any atom is -0.462 e. The van der Waals surface area contributed by atoms with Crippen LogP contribution < -0.4 is 5.32 Å². The summed E-state index contributed by atoms with van der Waals surface area (Å²) in [4.78, 5) is 34.2. The van der Waals surface area contributed by atoms with Crippen molar-refractivity contribution in [3.8, 4) is 11.3 Å². The van der Waals surface area contributed by atoms with Crippen LogP contribution in [0, 0.1) is 6.92 Å². The fourth-order valence-electron chi connectivity index (χ4n) is 3.40. The van der Waals surface area contributed by atoms with E-state index < -0.39 is 5.97 Å². The number of carbonyl (C=O) groups is 2. The van der Waals surface area contributed by atoms with E-state index >= 15 is 0 Å². The number of nitrogens with one attached hydrogen (secondary N) is 1. The molecule has 0 aliphatic rings. The number of nitrogens with zero attached hydrogens (tertiary/aromatic N) is 2. The first kappa shape index (κ1) is 21.5. The summed E-state index contributed by atoms with van der Waals surface area (Å²) in [5, 5.41) is 4.14. The first-order chi connectivity index (χ1) is 15.5. The van der Waals surface area contributed by atoms with Crippen LogP contribution in [0.4, 0.5) is 5.69 Å². The summed E-state index contributed by atoms with van der Waals surface area (Å²) in [7, 11) is 0. The van der Waals surface area contributed by atoms with Crippen molar-refractivity contribution in [2.45, 2.75) is 13.8 Å². The number of esters is 1. The zero-order valence-corrected chi connectivity index (χ0v) is 18.3. The molecule has 160 valence electrons. The van der Waals surface area contributed by atoms with E-state index in [-0.39, 0.29) is 12.5 Å². The highest BCUT2D eigenvalue weighted by molar-refractivity contribution is 6.32. The maximum Gasteiger partial charge on any atom is 0.338 e. The highest BCUT2D eigenvalue weighted by Gasteiger charge is 2.17. The molecule has 0 saturated heterocycles. The maximum absolute atomic E-state index is 13.3. The Labute approximate surface area is 190 Å². The third kappa shape index (κ3) is 4.31. The van der Waals surface area contributed by atoms with E-state index in [0.29, 0.717) is 38.4 Å². The second-order valence-electron chi connectivity index (χ2n) is 7.11. The average Bonchev–Trinajstić information content (AvgIpc) is 2.82. The number of fused-ring (bicyclic) bond motifs is 1. The van der Waals surface area contributed by atoms with Gasteiger partial charge in [-0.2, -0.15) is 0 Å². The number of aryl methyl sites for hydroxylation is 1. The van der Waals surface area contributed by atoms with Gasteiger partial charge in [0.15, 0.2) is 0 Å². The van der Waals surface area contributed by atoms with Gasteiger partial charge in [-0.1, -0.05) is 23.7 Å². The van der Waals surface area contributed by atoms with Crippen molar-refractivity contribution < 1.29 is 14.3 Å². The molecule has 2 aromatic heterocycles. The second-order valence-corrected chi connectivity index (χ2v) is 7.52. The Morgan fingerprint density at radius 2 is 1.84 bits per heavy atom. The van der Waals surface area contributed by atoms with Crippen molar-refractivity contribution in [2.24, 2.45) is 0 Å². The Morgan fingerprint density at radius 1 is 1.06 bits per heavy atom. The molecule has 1 N–H and O–H groups in total. The van der Waals surface area contributed by atoms with Crippen LogP contribution in [0.5, 0.6) is 0 Å². The van der Waals surface area contributed by atoms with Gasteiger partial charge < -0.3 is 10.1 Å². The lowest BCUT2D eigenvalue weighted by molar-refractivity contribution is 0.0526.